The molecule has 1 N–H and O–H groups in total. The summed E-state index contributed by atoms with van der Waals surface area (Å²) < 4.78 is 70.6. The van der Waals surface area contributed by atoms with Crippen LogP contribution in [0, 0.1) is 0 Å². The summed E-state index contributed by atoms with van der Waals surface area (Å²) in [7, 11) is -2.38. The Balaban J connectivity index is 1.49. The van der Waals surface area contributed by atoms with Crippen LogP contribution in [0.5, 0.6) is 5.75 Å². The summed E-state index contributed by atoms with van der Waals surface area (Å²) in [6.45, 7) is 3.73. The number of benzene rings is 2. The van der Waals surface area contributed by atoms with E-state index in [1.54, 1.807) is 7.11 Å². The van der Waals surface area contributed by atoms with Crippen LogP contribution in [-0.2, 0) is 16.2 Å². The first kappa shape index (κ1) is 22.4. The van der Waals surface area contributed by atoms with Gasteiger partial charge in [-0.25, -0.2) is 13.1 Å². The Morgan fingerprint density at radius 1 is 1.03 bits per heavy atom. The van der Waals surface area contributed by atoms with Crippen molar-refractivity contribution in [2.24, 2.45) is 0 Å². The van der Waals surface area contributed by atoms with Crippen molar-refractivity contribution in [3.8, 4) is 5.75 Å². The molecule has 6 nitrogen and oxygen atoms in total. The molecule has 1 fully saturated rings. The van der Waals surface area contributed by atoms with E-state index in [1.807, 2.05) is 24.3 Å². The predicted octanol–water partition coefficient (Wildman–Crippen LogP) is 2.81. The Kier molecular flexibility index (Phi) is 6.89. The molecular weight excluding hydrogens is 419 g/mol. The molecule has 10 heteroatoms. The van der Waals surface area contributed by atoms with Gasteiger partial charge in [0, 0.05) is 45.0 Å². The number of piperazine rings is 1. The van der Waals surface area contributed by atoms with Crippen LogP contribution < -0.4 is 14.4 Å². The molecule has 3 rings (SSSR count). The van der Waals surface area contributed by atoms with Crippen LogP contribution in [0.1, 0.15) is 5.56 Å². The van der Waals surface area contributed by atoms with E-state index in [0.717, 1.165) is 55.8 Å². The van der Waals surface area contributed by atoms with Crippen molar-refractivity contribution in [2.45, 2.75) is 11.1 Å². The van der Waals surface area contributed by atoms with Crippen LogP contribution in [0.2, 0.25) is 0 Å². The van der Waals surface area contributed by atoms with Gasteiger partial charge < -0.3 is 9.64 Å². The Bertz CT molecular complexity index is 942. The maximum absolute atomic E-state index is 12.8. The van der Waals surface area contributed by atoms with Crippen molar-refractivity contribution in [1.29, 1.82) is 0 Å². The average Bonchev–Trinajstić information content (AvgIpc) is 2.74. The van der Waals surface area contributed by atoms with Gasteiger partial charge in [-0.2, -0.15) is 13.2 Å². The first-order chi connectivity index (χ1) is 14.2. The predicted molar refractivity (Wildman–Crippen MR) is 108 cm³/mol. The lowest BCUT2D eigenvalue weighted by Crippen LogP contribution is -2.48. The second-order valence-corrected chi connectivity index (χ2v) is 8.72. The summed E-state index contributed by atoms with van der Waals surface area (Å²) in [4.78, 5) is 3.97. The minimum atomic E-state index is -4.59. The van der Waals surface area contributed by atoms with E-state index in [9.17, 15) is 21.6 Å². The van der Waals surface area contributed by atoms with Crippen molar-refractivity contribution < 1.29 is 26.3 Å². The zero-order valence-corrected chi connectivity index (χ0v) is 17.3. The lowest BCUT2D eigenvalue weighted by molar-refractivity contribution is -0.137. The van der Waals surface area contributed by atoms with Gasteiger partial charge in [-0.05, 0) is 42.5 Å². The van der Waals surface area contributed by atoms with E-state index in [0.29, 0.717) is 12.6 Å². The zero-order chi connectivity index (χ0) is 21.8. The van der Waals surface area contributed by atoms with Crippen molar-refractivity contribution in [3.05, 3.63) is 54.1 Å². The lowest BCUT2D eigenvalue weighted by Gasteiger charge is -2.36. The van der Waals surface area contributed by atoms with Crippen LogP contribution in [0.15, 0.2) is 53.4 Å². The quantitative estimate of drug-likeness (QED) is 0.713. The van der Waals surface area contributed by atoms with E-state index in [-0.39, 0.29) is 11.4 Å². The molecule has 2 aromatic carbocycles. The van der Waals surface area contributed by atoms with Gasteiger partial charge in [0.1, 0.15) is 5.75 Å². The fourth-order valence-electron chi connectivity index (χ4n) is 3.28. The van der Waals surface area contributed by atoms with Crippen LogP contribution in [0.25, 0.3) is 0 Å². The molecule has 0 bridgehead atoms. The Labute approximate surface area is 174 Å². The largest absolute Gasteiger partial charge is 0.497 e. The van der Waals surface area contributed by atoms with Crippen molar-refractivity contribution >= 4 is 15.7 Å². The van der Waals surface area contributed by atoms with E-state index in [1.165, 1.54) is 0 Å². The molecule has 1 heterocycles. The Morgan fingerprint density at radius 3 is 2.30 bits per heavy atom. The molecule has 0 spiro atoms. The number of anilines is 1. The molecule has 0 aromatic heterocycles. The molecule has 0 aliphatic carbocycles. The normalized spacial score (nSPS) is 15.9. The van der Waals surface area contributed by atoms with Gasteiger partial charge in [0.15, 0.2) is 0 Å². The number of hydrogen-bond donors (Lipinski definition) is 1. The van der Waals surface area contributed by atoms with E-state index in [2.05, 4.69) is 14.5 Å². The maximum atomic E-state index is 12.8. The Hall–Kier alpha value is -2.30. The lowest BCUT2D eigenvalue weighted by atomic mass is 10.2. The van der Waals surface area contributed by atoms with Crippen molar-refractivity contribution in [3.63, 3.8) is 0 Å². The molecule has 164 valence electrons. The van der Waals surface area contributed by atoms with E-state index >= 15 is 0 Å². The standard InChI is InChI=1S/C20H24F3N3O3S/c1-29-18-7-5-17(6-8-18)26-13-11-25(12-14-26)10-9-24-30(27,28)19-4-2-3-16(15-19)20(21,22)23/h2-8,15,24H,9-14H2,1H3. The smallest absolute Gasteiger partial charge is 0.416 e. The molecule has 1 saturated heterocycles. The summed E-state index contributed by atoms with van der Waals surface area (Å²) in [5, 5.41) is 0. The molecule has 2 aromatic rings. The number of hydrogen-bond acceptors (Lipinski definition) is 5. The second-order valence-electron chi connectivity index (χ2n) is 6.95. The summed E-state index contributed by atoms with van der Waals surface area (Å²) in [6.07, 6.45) is -4.59. The molecule has 0 saturated carbocycles. The highest BCUT2D eigenvalue weighted by molar-refractivity contribution is 7.89. The summed E-state index contributed by atoms with van der Waals surface area (Å²) in [6, 6.07) is 11.6. The summed E-state index contributed by atoms with van der Waals surface area (Å²) >= 11 is 0. The number of methoxy groups -OCH3 is 1. The van der Waals surface area contributed by atoms with E-state index < -0.39 is 21.8 Å². The molecule has 0 radical (unpaired) electrons. The number of nitrogens with one attached hydrogen (secondary N) is 1. The molecular formula is C20H24F3N3O3S. The van der Waals surface area contributed by atoms with Crippen molar-refractivity contribution in [2.75, 3.05) is 51.3 Å². The van der Waals surface area contributed by atoms with Crippen molar-refractivity contribution in [1.82, 2.24) is 9.62 Å². The molecule has 1 aliphatic heterocycles. The summed E-state index contributed by atoms with van der Waals surface area (Å²) in [5.74, 6) is 0.797. The number of halogens is 3. The number of ether oxygens (including phenoxy) is 1. The number of rotatable bonds is 7. The highest BCUT2D eigenvalue weighted by atomic mass is 32.2. The van der Waals surface area contributed by atoms with Gasteiger partial charge in [0.05, 0.1) is 17.6 Å². The fourth-order valence-corrected chi connectivity index (χ4v) is 4.35. The minimum absolute atomic E-state index is 0.126. The third kappa shape index (κ3) is 5.65. The van der Waals surface area contributed by atoms with Gasteiger partial charge in [0.2, 0.25) is 10.0 Å². The fraction of sp³-hybridized carbons (Fsp3) is 0.400. The van der Waals surface area contributed by atoms with Crippen LogP contribution >= 0.6 is 0 Å². The van der Waals surface area contributed by atoms with Crippen LogP contribution in [0.4, 0.5) is 18.9 Å². The topological polar surface area (TPSA) is 61.9 Å². The molecule has 0 atom stereocenters. The van der Waals surface area contributed by atoms with Gasteiger partial charge in [-0.1, -0.05) is 6.07 Å². The minimum Gasteiger partial charge on any atom is -0.497 e. The van der Waals surface area contributed by atoms with Gasteiger partial charge in [-0.15, -0.1) is 0 Å². The highest BCUT2D eigenvalue weighted by Crippen LogP contribution is 2.30. The summed E-state index contributed by atoms with van der Waals surface area (Å²) in [5.41, 5.74) is 0.112. The van der Waals surface area contributed by atoms with Crippen LogP contribution in [0.3, 0.4) is 0 Å². The average molecular weight is 443 g/mol. The molecule has 0 unspecified atom stereocenters. The number of alkyl halides is 3. The van der Waals surface area contributed by atoms with Gasteiger partial charge >= 0.3 is 6.18 Å². The van der Waals surface area contributed by atoms with E-state index in [4.69, 9.17) is 4.74 Å². The molecule has 0 amide bonds. The monoisotopic (exact) mass is 443 g/mol. The number of sulfonamides is 1. The van der Waals surface area contributed by atoms with Crippen LogP contribution in [-0.4, -0.2) is 59.7 Å². The zero-order valence-electron chi connectivity index (χ0n) is 16.5. The molecule has 30 heavy (non-hydrogen) atoms. The maximum Gasteiger partial charge on any atom is 0.416 e. The third-order valence-electron chi connectivity index (χ3n) is 5.00. The highest BCUT2D eigenvalue weighted by Gasteiger charge is 2.31. The SMILES string of the molecule is COc1ccc(N2CCN(CCNS(=O)(=O)c3cccc(C(F)(F)F)c3)CC2)cc1. The second kappa shape index (κ2) is 9.23. The number of nitrogens with zero attached hydrogens (tertiary/aromatic N) is 2. The van der Waals surface area contributed by atoms with Gasteiger partial charge in [-0.3, -0.25) is 4.90 Å². The van der Waals surface area contributed by atoms with Gasteiger partial charge in [0.25, 0.3) is 0 Å². The first-order valence-electron chi connectivity index (χ1n) is 9.47. The Morgan fingerprint density at radius 2 is 1.70 bits per heavy atom. The first-order valence-corrected chi connectivity index (χ1v) is 11.0. The molecule has 1 aliphatic rings. The third-order valence-corrected chi connectivity index (χ3v) is 6.46.